The third kappa shape index (κ3) is 3.11. The fourth-order valence-corrected chi connectivity index (χ4v) is 3.06. The number of fused-ring (bicyclic) bond motifs is 1. The van der Waals surface area contributed by atoms with E-state index in [-0.39, 0.29) is 23.8 Å². The van der Waals surface area contributed by atoms with Gasteiger partial charge < -0.3 is 10.1 Å². The second-order valence-electron chi connectivity index (χ2n) is 5.58. The van der Waals surface area contributed by atoms with Crippen LogP contribution >= 0.6 is 0 Å². The third-order valence-corrected chi connectivity index (χ3v) is 4.14. The molecule has 0 fully saturated rings. The number of rotatable bonds is 4. The highest BCUT2D eigenvalue weighted by Gasteiger charge is 2.39. The maximum atomic E-state index is 12.5. The molecule has 0 bridgehead atoms. The van der Waals surface area contributed by atoms with Gasteiger partial charge in [0.05, 0.1) is 18.6 Å². The van der Waals surface area contributed by atoms with E-state index in [0.717, 1.165) is 11.1 Å². The van der Waals surface area contributed by atoms with Crippen molar-refractivity contribution in [3.8, 4) is 0 Å². The van der Waals surface area contributed by atoms with Gasteiger partial charge in [-0.05, 0) is 36.6 Å². The summed E-state index contributed by atoms with van der Waals surface area (Å²) in [6.07, 6.45) is 0.592. The van der Waals surface area contributed by atoms with Crippen molar-refractivity contribution in [2.75, 3.05) is 6.61 Å². The molecule has 2 aromatic carbocycles. The summed E-state index contributed by atoms with van der Waals surface area (Å²) < 4.78 is 5.18. The predicted molar refractivity (Wildman–Crippen MR) is 86.9 cm³/mol. The molecule has 1 aliphatic carbocycles. The quantitative estimate of drug-likeness (QED) is 0.884. The summed E-state index contributed by atoms with van der Waals surface area (Å²) in [5, 5.41) is 3.00. The number of amides is 1. The molecule has 0 radical (unpaired) electrons. The Morgan fingerprint density at radius 2 is 1.78 bits per heavy atom. The molecule has 0 spiro atoms. The Bertz CT molecular complexity index is 712. The largest absolute Gasteiger partial charge is 0.466 e. The number of nitrogens with one attached hydrogen (secondary N) is 1. The lowest BCUT2D eigenvalue weighted by Crippen LogP contribution is -2.35. The van der Waals surface area contributed by atoms with Gasteiger partial charge in [0.2, 0.25) is 0 Å². The van der Waals surface area contributed by atoms with Crippen molar-refractivity contribution in [1.29, 1.82) is 0 Å². The molecule has 0 heterocycles. The summed E-state index contributed by atoms with van der Waals surface area (Å²) in [4.78, 5) is 24.7. The summed E-state index contributed by atoms with van der Waals surface area (Å²) >= 11 is 0. The summed E-state index contributed by atoms with van der Waals surface area (Å²) in [5.41, 5.74) is 2.67. The maximum Gasteiger partial charge on any atom is 0.311 e. The average molecular weight is 309 g/mol. The minimum atomic E-state index is -0.375. The third-order valence-electron chi connectivity index (χ3n) is 4.14. The zero-order valence-corrected chi connectivity index (χ0v) is 13.0. The topological polar surface area (TPSA) is 55.4 Å². The number of esters is 1. The van der Waals surface area contributed by atoms with Crippen LogP contribution in [0.25, 0.3) is 0 Å². The van der Waals surface area contributed by atoms with E-state index in [2.05, 4.69) is 5.32 Å². The van der Waals surface area contributed by atoms with Crippen LogP contribution in [0.3, 0.4) is 0 Å². The first kappa shape index (κ1) is 15.3. The molecule has 4 heteroatoms. The Morgan fingerprint density at radius 3 is 2.52 bits per heavy atom. The first-order valence-corrected chi connectivity index (χ1v) is 7.81. The van der Waals surface area contributed by atoms with Gasteiger partial charge >= 0.3 is 5.97 Å². The Morgan fingerprint density at radius 1 is 1.09 bits per heavy atom. The lowest BCUT2D eigenvalue weighted by molar-refractivity contribution is -0.148. The average Bonchev–Trinajstić information content (AvgIpc) is 2.95. The molecule has 0 saturated carbocycles. The maximum absolute atomic E-state index is 12.5. The fourth-order valence-electron chi connectivity index (χ4n) is 3.06. The van der Waals surface area contributed by atoms with E-state index in [1.807, 2.05) is 42.5 Å². The molecule has 23 heavy (non-hydrogen) atoms. The predicted octanol–water partition coefficient (Wildman–Crippen LogP) is 2.89. The van der Waals surface area contributed by atoms with E-state index >= 15 is 0 Å². The van der Waals surface area contributed by atoms with Gasteiger partial charge in [-0.3, -0.25) is 9.59 Å². The Hall–Kier alpha value is -2.62. The summed E-state index contributed by atoms with van der Waals surface area (Å²) in [5.74, 6) is -0.816. The van der Waals surface area contributed by atoms with Crippen LogP contribution < -0.4 is 5.32 Å². The molecule has 2 aromatic rings. The second-order valence-corrected chi connectivity index (χ2v) is 5.58. The molecule has 1 N–H and O–H groups in total. The minimum Gasteiger partial charge on any atom is -0.466 e. The first-order valence-electron chi connectivity index (χ1n) is 7.81. The minimum absolute atomic E-state index is 0.179. The fraction of sp³-hybridized carbons (Fsp3) is 0.263. The van der Waals surface area contributed by atoms with Gasteiger partial charge in [-0.2, -0.15) is 0 Å². The van der Waals surface area contributed by atoms with Gasteiger partial charge in [0, 0.05) is 5.56 Å². The SMILES string of the molecule is CCOC(=O)[C@H]1Cc2ccccc2[C@H]1NC(=O)c1ccccc1. The zero-order valence-electron chi connectivity index (χ0n) is 13.0. The summed E-state index contributed by atoms with van der Waals surface area (Å²) in [6.45, 7) is 2.13. The van der Waals surface area contributed by atoms with Crippen molar-refractivity contribution in [2.45, 2.75) is 19.4 Å². The van der Waals surface area contributed by atoms with Crippen molar-refractivity contribution in [1.82, 2.24) is 5.32 Å². The van der Waals surface area contributed by atoms with Crippen LogP contribution in [0.15, 0.2) is 54.6 Å². The smallest absolute Gasteiger partial charge is 0.311 e. The summed E-state index contributed by atoms with van der Waals surface area (Å²) in [6, 6.07) is 16.5. The normalized spacial score (nSPS) is 19.0. The van der Waals surface area contributed by atoms with Crippen LogP contribution in [0.4, 0.5) is 0 Å². The molecular formula is C19H19NO3. The van der Waals surface area contributed by atoms with Crippen molar-refractivity contribution in [2.24, 2.45) is 5.92 Å². The highest BCUT2D eigenvalue weighted by molar-refractivity contribution is 5.95. The van der Waals surface area contributed by atoms with Crippen molar-refractivity contribution >= 4 is 11.9 Å². The van der Waals surface area contributed by atoms with Crippen LogP contribution in [-0.4, -0.2) is 18.5 Å². The highest BCUT2D eigenvalue weighted by Crippen LogP contribution is 2.37. The van der Waals surface area contributed by atoms with E-state index in [1.165, 1.54) is 0 Å². The lowest BCUT2D eigenvalue weighted by atomic mass is 10.00. The molecule has 0 aliphatic heterocycles. The van der Waals surface area contributed by atoms with Crippen molar-refractivity contribution in [3.05, 3.63) is 71.3 Å². The van der Waals surface area contributed by atoms with Gasteiger partial charge in [-0.25, -0.2) is 0 Å². The van der Waals surface area contributed by atoms with E-state index in [1.54, 1.807) is 19.1 Å². The number of carbonyl (C=O) groups excluding carboxylic acids is 2. The van der Waals surface area contributed by atoms with E-state index in [4.69, 9.17) is 4.74 Å². The highest BCUT2D eigenvalue weighted by atomic mass is 16.5. The van der Waals surface area contributed by atoms with Crippen molar-refractivity contribution in [3.63, 3.8) is 0 Å². The molecule has 0 saturated heterocycles. The molecule has 0 aromatic heterocycles. The van der Waals surface area contributed by atoms with Gasteiger partial charge in [0.1, 0.15) is 0 Å². The van der Waals surface area contributed by atoms with Crippen molar-refractivity contribution < 1.29 is 14.3 Å². The first-order chi connectivity index (χ1) is 11.2. The monoisotopic (exact) mass is 309 g/mol. The standard InChI is InChI=1S/C19H19NO3/c1-2-23-19(22)16-12-14-10-6-7-11-15(14)17(16)20-18(21)13-8-4-3-5-9-13/h3-11,16-17H,2,12H2,1H3,(H,20,21)/t16-,17+/m0/s1. The summed E-state index contributed by atoms with van der Waals surface area (Å²) in [7, 11) is 0. The van der Waals surface area contributed by atoms with Gasteiger partial charge in [0.15, 0.2) is 0 Å². The van der Waals surface area contributed by atoms with Gasteiger partial charge in [0.25, 0.3) is 5.91 Å². The Kier molecular flexibility index (Phi) is 4.42. The molecule has 2 atom stereocenters. The number of hydrogen-bond donors (Lipinski definition) is 1. The molecule has 1 amide bonds. The molecule has 1 aliphatic rings. The number of benzene rings is 2. The molecular weight excluding hydrogens is 290 g/mol. The molecule has 0 unspecified atom stereocenters. The zero-order chi connectivity index (χ0) is 16.2. The van der Waals surface area contributed by atoms with Crippen LogP contribution in [-0.2, 0) is 16.0 Å². The van der Waals surface area contributed by atoms with E-state index in [9.17, 15) is 9.59 Å². The Labute approximate surface area is 135 Å². The van der Waals surface area contributed by atoms with Gasteiger partial charge in [-0.1, -0.05) is 42.5 Å². The second kappa shape index (κ2) is 6.65. The number of hydrogen-bond acceptors (Lipinski definition) is 3. The molecule has 3 rings (SSSR count). The number of ether oxygens (including phenoxy) is 1. The Balaban J connectivity index is 1.86. The van der Waals surface area contributed by atoms with Crippen LogP contribution in [0.1, 0.15) is 34.5 Å². The van der Waals surface area contributed by atoms with Gasteiger partial charge in [-0.15, -0.1) is 0 Å². The van der Waals surface area contributed by atoms with E-state index < -0.39 is 0 Å². The molecule has 118 valence electrons. The molecule has 4 nitrogen and oxygen atoms in total. The lowest BCUT2D eigenvalue weighted by Gasteiger charge is -2.20. The van der Waals surface area contributed by atoms with E-state index in [0.29, 0.717) is 18.6 Å². The van der Waals surface area contributed by atoms with Crippen LogP contribution in [0.5, 0.6) is 0 Å². The number of carbonyl (C=O) groups is 2. The van der Waals surface area contributed by atoms with Crippen LogP contribution in [0, 0.1) is 5.92 Å². The van der Waals surface area contributed by atoms with Crippen LogP contribution in [0.2, 0.25) is 0 Å².